The summed E-state index contributed by atoms with van der Waals surface area (Å²) in [5.41, 5.74) is 1.16. The summed E-state index contributed by atoms with van der Waals surface area (Å²) in [6, 6.07) is 12.4. The molecule has 114 valence electrons. The smallest absolute Gasteiger partial charge is 0.124 e. The largest absolute Gasteiger partial charge is 0.489 e. The number of hydrogen-bond donors (Lipinski definition) is 2. The Morgan fingerprint density at radius 1 is 1.19 bits per heavy atom. The Hall–Kier alpha value is -1.55. The normalized spacial score (nSPS) is 10.1. The van der Waals surface area contributed by atoms with Crippen molar-refractivity contribution in [2.24, 2.45) is 0 Å². The molecule has 3 nitrogen and oxygen atoms in total. The van der Waals surface area contributed by atoms with Gasteiger partial charge in [0.1, 0.15) is 12.4 Å². The highest BCUT2D eigenvalue weighted by Gasteiger charge is 2.08. The van der Waals surface area contributed by atoms with Crippen LogP contribution in [0.2, 0.25) is 0 Å². The Morgan fingerprint density at radius 2 is 2.00 bits per heavy atom. The second-order valence-electron chi connectivity index (χ2n) is 4.62. The first-order valence-electron chi connectivity index (χ1n) is 6.92. The number of aliphatic hydroxyl groups is 1. The highest BCUT2D eigenvalue weighted by molar-refractivity contribution is 5.87. The molecule has 0 heterocycles. The van der Waals surface area contributed by atoms with Crippen LogP contribution < -0.4 is 10.1 Å². The van der Waals surface area contributed by atoms with Gasteiger partial charge in [-0.1, -0.05) is 43.0 Å². The second kappa shape index (κ2) is 9.40. The van der Waals surface area contributed by atoms with Crippen molar-refractivity contribution in [1.29, 1.82) is 0 Å². The molecule has 0 spiro atoms. The number of rotatable bonds is 8. The zero-order chi connectivity index (χ0) is 14.2. The molecule has 0 bridgehead atoms. The Labute approximate surface area is 132 Å². The third-order valence-electron chi connectivity index (χ3n) is 3.17. The van der Waals surface area contributed by atoms with E-state index in [0.29, 0.717) is 6.61 Å². The minimum absolute atomic E-state index is 0. The molecule has 0 aliphatic rings. The van der Waals surface area contributed by atoms with Crippen LogP contribution >= 0.6 is 12.4 Å². The van der Waals surface area contributed by atoms with Crippen LogP contribution in [0.1, 0.15) is 12.0 Å². The first-order valence-corrected chi connectivity index (χ1v) is 6.92. The van der Waals surface area contributed by atoms with Gasteiger partial charge in [0.25, 0.3) is 0 Å². The van der Waals surface area contributed by atoms with Gasteiger partial charge >= 0.3 is 0 Å². The van der Waals surface area contributed by atoms with Crippen molar-refractivity contribution in [1.82, 2.24) is 5.32 Å². The third kappa shape index (κ3) is 4.74. The van der Waals surface area contributed by atoms with Gasteiger partial charge in [-0.05, 0) is 29.8 Å². The topological polar surface area (TPSA) is 41.5 Å². The van der Waals surface area contributed by atoms with Crippen LogP contribution in [0, 0.1) is 0 Å². The van der Waals surface area contributed by atoms with E-state index in [9.17, 15) is 0 Å². The van der Waals surface area contributed by atoms with Gasteiger partial charge in [0, 0.05) is 18.7 Å². The van der Waals surface area contributed by atoms with Crippen molar-refractivity contribution in [3.05, 3.63) is 54.6 Å². The molecule has 0 aliphatic carbocycles. The number of aliphatic hydroxyl groups excluding tert-OH is 1. The van der Waals surface area contributed by atoms with E-state index < -0.39 is 0 Å². The van der Waals surface area contributed by atoms with Crippen molar-refractivity contribution in [3.63, 3.8) is 0 Å². The van der Waals surface area contributed by atoms with Crippen molar-refractivity contribution >= 4 is 23.2 Å². The fourth-order valence-corrected chi connectivity index (χ4v) is 2.20. The van der Waals surface area contributed by atoms with Gasteiger partial charge in [-0.2, -0.15) is 0 Å². The molecule has 2 aromatic rings. The number of benzene rings is 2. The molecular formula is C17H22ClNO2. The van der Waals surface area contributed by atoms with Gasteiger partial charge in [0.2, 0.25) is 0 Å². The summed E-state index contributed by atoms with van der Waals surface area (Å²) in [7, 11) is 0. The van der Waals surface area contributed by atoms with Crippen LogP contribution in [0.25, 0.3) is 10.8 Å². The number of hydrogen-bond acceptors (Lipinski definition) is 3. The zero-order valence-electron chi connectivity index (χ0n) is 12.0. The van der Waals surface area contributed by atoms with Crippen molar-refractivity contribution < 1.29 is 9.84 Å². The van der Waals surface area contributed by atoms with E-state index in [1.54, 1.807) is 6.08 Å². The molecule has 0 saturated carbocycles. The fraction of sp³-hybridized carbons (Fsp3) is 0.294. The first kappa shape index (κ1) is 17.5. The standard InChI is InChI=1S/C17H21NO2.ClH/c1-2-12-20-17-9-8-14-6-3-4-7-15(14)16(17)13-18-10-5-11-19;/h2-4,6-9,18-19H,1,5,10-13H2;1H. The molecule has 0 unspecified atom stereocenters. The maximum atomic E-state index is 8.83. The van der Waals surface area contributed by atoms with Crippen LogP contribution in [0.15, 0.2) is 49.1 Å². The molecule has 0 radical (unpaired) electrons. The Bertz CT molecular complexity index is 572. The molecule has 2 aromatic carbocycles. The molecule has 0 aromatic heterocycles. The summed E-state index contributed by atoms with van der Waals surface area (Å²) in [6.07, 6.45) is 2.51. The van der Waals surface area contributed by atoms with E-state index in [0.717, 1.165) is 30.8 Å². The molecule has 2 N–H and O–H groups in total. The molecule has 2 rings (SSSR count). The lowest BCUT2D eigenvalue weighted by Gasteiger charge is -2.14. The van der Waals surface area contributed by atoms with Gasteiger partial charge < -0.3 is 15.2 Å². The number of halogens is 1. The van der Waals surface area contributed by atoms with Gasteiger partial charge in [-0.25, -0.2) is 0 Å². The molecule has 0 amide bonds. The Balaban J connectivity index is 0.00000220. The highest BCUT2D eigenvalue weighted by atomic mass is 35.5. The maximum absolute atomic E-state index is 8.83. The van der Waals surface area contributed by atoms with Crippen LogP contribution in [0.3, 0.4) is 0 Å². The van der Waals surface area contributed by atoms with Crippen LogP contribution in [0.5, 0.6) is 5.75 Å². The van der Waals surface area contributed by atoms with Crippen LogP contribution in [0.4, 0.5) is 0 Å². The van der Waals surface area contributed by atoms with Crippen LogP contribution in [-0.4, -0.2) is 24.9 Å². The predicted molar refractivity (Wildman–Crippen MR) is 90.3 cm³/mol. The van der Waals surface area contributed by atoms with Crippen molar-refractivity contribution in [2.45, 2.75) is 13.0 Å². The quantitative estimate of drug-likeness (QED) is 0.581. The van der Waals surface area contributed by atoms with E-state index in [4.69, 9.17) is 9.84 Å². The monoisotopic (exact) mass is 307 g/mol. The molecule has 0 fully saturated rings. The lowest BCUT2D eigenvalue weighted by atomic mass is 10.0. The summed E-state index contributed by atoms with van der Waals surface area (Å²) in [5, 5.41) is 14.6. The zero-order valence-corrected chi connectivity index (χ0v) is 12.9. The Morgan fingerprint density at radius 3 is 2.76 bits per heavy atom. The highest BCUT2D eigenvalue weighted by Crippen LogP contribution is 2.28. The SMILES string of the molecule is C=CCOc1ccc2ccccc2c1CNCCCO.Cl. The Kier molecular flexibility index (Phi) is 7.83. The summed E-state index contributed by atoms with van der Waals surface area (Å²) >= 11 is 0. The predicted octanol–water partition coefficient (Wildman–Crippen LogP) is 3.30. The molecular weight excluding hydrogens is 286 g/mol. The number of fused-ring (bicyclic) bond motifs is 1. The molecule has 0 aliphatic heterocycles. The summed E-state index contributed by atoms with van der Waals surface area (Å²) in [5.74, 6) is 0.889. The van der Waals surface area contributed by atoms with E-state index in [2.05, 4.69) is 30.1 Å². The minimum Gasteiger partial charge on any atom is -0.489 e. The summed E-state index contributed by atoms with van der Waals surface area (Å²) < 4.78 is 5.74. The first-order chi connectivity index (χ1) is 9.86. The average molecular weight is 308 g/mol. The van der Waals surface area contributed by atoms with Crippen molar-refractivity contribution in [3.8, 4) is 5.75 Å². The molecule has 0 saturated heterocycles. The second-order valence-corrected chi connectivity index (χ2v) is 4.62. The lowest BCUT2D eigenvalue weighted by Crippen LogP contribution is -2.16. The van der Waals surface area contributed by atoms with Gasteiger partial charge in [-0.15, -0.1) is 12.4 Å². The van der Waals surface area contributed by atoms with Gasteiger partial charge in [-0.3, -0.25) is 0 Å². The number of nitrogens with one attached hydrogen (secondary N) is 1. The summed E-state index contributed by atoms with van der Waals surface area (Å²) in [6.45, 7) is 5.92. The average Bonchev–Trinajstić information content (AvgIpc) is 2.50. The fourth-order valence-electron chi connectivity index (χ4n) is 2.20. The van der Waals surface area contributed by atoms with E-state index in [1.165, 1.54) is 10.8 Å². The third-order valence-corrected chi connectivity index (χ3v) is 3.17. The lowest BCUT2D eigenvalue weighted by molar-refractivity contribution is 0.286. The number of ether oxygens (including phenoxy) is 1. The molecule has 0 atom stereocenters. The maximum Gasteiger partial charge on any atom is 0.124 e. The van der Waals surface area contributed by atoms with E-state index >= 15 is 0 Å². The van der Waals surface area contributed by atoms with Crippen LogP contribution in [-0.2, 0) is 6.54 Å². The minimum atomic E-state index is 0. The van der Waals surface area contributed by atoms with E-state index in [1.807, 2.05) is 18.2 Å². The van der Waals surface area contributed by atoms with E-state index in [-0.39, 0.29) is 19.0 Å². The van der Waals surface area contributed by atoms with Gasteiger partial charge in [0.15, 0.2) is 0 Å². The van der Waals surface area contributed by atoms with Crippen molar-refractivity contribution in [2.75, 3.05) is 19.8 Å². The molecule has 4 heteroatoms. The summed E-state index contributed by atoms with van der Waals surface area (Å²) in [4.78, 5) is 0. The molecule has 21 heavy (non-hydrogen) atoms. The van der Waals surface area contributed by atoms with Gasteiger partial charge in [0.05, 0.1) is 0 Å².